The molecule has 5 heteroatoms. The lowest BCUT2D eigenvalue weighted by Gasteiger charge is -2.09. The van der Waals surface area contributed by atoms with Crippen molar-refractivity contribution in [3.8, 4) is 0 Å². The van der Waals surface area contributed by atoms with Crippen LogP contribution >= 0.6 is 0 Å². The first-order chi connectivity index (χ1) is 10.1. The topological polar surface area (TPSA) is 78.4 Å². The number of benzene rings is 1. The predicted molar refractivity (Wildman–Crippen MR) is 80.0 cm³/mol. The fourth-order valence-electron chi connectivity index (χ4n) is 2.03. The molecule has 3 N–H and O–H groups in total. The number of hydrogen-bond acceptors (Lipinski definition) is 3. The number of rotatable bonds is 8. The van der Waals surface area contributed by atoms with Crippen LogP contribution in [0.2, 0.25) is 0 Å². The molecule has 1 fully saturated rings. The summed E-state index contributed by atoms with van der Waals surface area (Å²) in [5, 5.41) is 15.1. The van der Waals surface area contributed by atoms with Crippen molar-refractivity contribution in [1.29, 1.82) is 0 Å². The molecule has 0 bridgehead atoms. The Hall–Kier alpha value is -1.88. The summed E-state index contributed by atoms with van der Waals surface area (Å²) in [5.41, 5.74) is 1.88. The highest BCUT2D eigenvalue weighted by Gasteiger charge is 2.22. The first-order valence-corrected chi connectivity index (χ1v) is 7.38. The van der Waals surface area contributed by atoms with Gasteiger partial charge in [-0.3, -0.25) is 9.59 Å². The van der Waals surface area contributed by atoms with Crippen molar-refractivity contribution in [2.75, 3.05) is 6.54 Å². The molecule has 1 aromatic rings. The van der Waals surface area contributed by atoms with Gasteiger partial charge in [0.05, 0.1) is 5.92 Å². The predicted octanol–water partition coefficient (Wildman–Crippen LogP) is 1.63. The summed E-state index contributed by atoms with van der Waals surface area (Å²) in [7, 11) is 0. The zero-order valence-corrected chi connectivity index (χ0v) is 12.3. The zero-order valence-electron chi connectivity index (χ0n) is 12.3. The summed E-state index contributed by atoms with van der Waals surface area (Å²) in [6.07, 6.45) is 2.71. The standard InChI is InChI=1S/C16H22N2O3/c1-11(16(20)21)13-4-2-12(3-5-13)10-17-9-8-15(19)18-14-6-7-14/h2-5,11,14,17H,6-10H2,1H3,(H,18,19)(H,20,21). The van der Waals surface area contributed by atoms with Gasteiger partial charge in [-0.2, -0.15) is 0 Å². The minimum atomic E-state index is -0.817. The van der Waals surface area contributed by atoms with E-state index in [9.17, 15) is 9.59 Å². The Morgan fingerprint density at radius 3 is 2.52 bits per heavy atom. The molecule has 0 aliphatic heterocycles. The van der Waals surface area contributed by atoms with Crippen LogP contribution in [0.15, 0.2) is 24.3 Å². The second-order valence-electron chi connectivity index (χ2n) is 5.57. The summed E-state index contributed by atoms with van der Waals surface area (Å²) in [6, 6.07) is 7.95. The number of hydrogen-bond donors (Lipinski definition) is 3. The maximum atomic E-state index is 11.5. The van der Waals surface area contributed by atoms with Crippen LogP contribution in [-0.4, -0.2) is 29.6 Å². The van der Waals surface area contributed by atoms with Crippen LogP contribution < -0.4 is 10.6 Å². The van der Waals surface area contributed by atoms with Crippen molar-refractivity contribution in [3.63, 3.8) is 0 Å². The average Bonchev–Trinajstić information content (AvgIpc) is 3.27. The number of nitrogens with one attached hydrogen (secondary N) is 2. The van der Waals surface area contributed by atoms with Gasteiger partial charge < -0.3 is 15.7 Å². The molecule has 114 valence electrons. The van der Waals surface area contributed by atoms with E-state index in [2.05, 4.69) is 10.6 Å². The number of carbonyl (C=O) groups excluding carboxylic acids is 1. The lowest BCUT2D eigenvalue weighted by atomic mass is 10.0. The van der Waals surface area contributed by atoms with E-state index in [1.54, 1.807) is 6.92 Å². The maximum Gasteiger partial charge on any atom is 0.310 e. The number of carboxylic acid groups (broad SMARTS) is 1. The number of carboxylic acids is 1. The van der Waals surface area contributed by atoms with E-state index < -0.39 is 11.9 Å². The fourth-order valence-corrected chi connectivity index (χ4v) is 2.03. The van der Waals surface area contributed by atoms with Gasteiger partial charge >= 0.3 is 5.97 Å². The van der Waals surface area contributed by atoms with E-state index in [1.807, 2.05) is 24.3 Å². The molecule has 0 aromatic heterocycles. The molecule has 1 aliphatic carbocycles. The highest BCUT2D eigenvalue weighted by atomic mass is 16.4. The van der Waals surface area contributed by atoms with Gasteiger partial charge in [0.2, 0.25) is 5.91 Å². The highest BCUT2D eigenvalue weighted by molar-refractivity contribution is 5.76. The minimum absolute atomic E-state index is 0.107. The molecular formula is C16H22N2O3. The molecule has 1 amide bonds. The molecule has 5 nitrogen and oxygen atoms in total. The molecule has 1 atom stereocenters. The third-order valence-electron chi connectivity index (χ3n) is 3.65. The van der Waals surface area contributed by atoms with Crippen LogP contribution in [0.1, 0.15) is 43.2 Å². The highest BCUT2D eigenvalue weighted by Crippen LogP contribution is 2.18. The van der Waals surface area contributed by atoms with Crippen LogP contribution in [0.4, 0.5) is 0 Å². The van der Waals surface area contributed by atoms with Gasteiger partial charge in [0, 0.05) is 25.6 Å². The van der Waals surface area contributed by atoms with Crippen LogP contribution in [0.25, 0.3) is 0 Å². The second kappa shape index (κ2) is 7.22. The van der Waals surface area contributed by atoms with Crippen molar-refractivity contribution in [2.45, 2.75) is 44.7 Å². The van der Waals surface area contributed by atoms with E-state index in [-0.39, 0.29) is 5.91 Å². The second-order valence-corrected chi connectivity index (χ2v) is 5.57. The third-order valence-corrected chi connectivity index (χ3v) is 3.65. The molecule has 0 saturated heterocycles. The van der Waals surface area contributed by atoms with E-state index in [0.29, 0.717) is 25.6 Å². The molecule has 1 aliphatic rings. The van der Waals surface area contributed by atoms with Gasteiger partial charge in [-0.15, -0.1) is 0 Å². The Morgan fingerprint density at radius 2 is 1.95 bits per heavy atom. The van der Waals surface area contributed by atoms with Crippen LogP contribution in [0, 0.1) is 0 Å². The molecule has 21 heavy (non-hydrogen) atoms. The smallest absolute Gasteiger partial charge is 0.310 e. The van der Waals surface area contributed by atoms with Gasteiger partial charge in [-0.05, 0) is 30.9 Å². The first kappa shape index (κ1) is 15.5. The van der Waals surface area contributed by atoms with Crippen molar-refractivity contribution in [3.05, 3.63) is 35.4 Å². The van der Waals surface area contributed by atoms with Crippen LogP contribution in [-0.2, 0) is 16.1 Å². The van der Waals surface area contributed by atoms with Crippen molar-refractivity contribution in [2.24, 2.45) is 0 Å². The number of aliphatic carboxylic acids is 1. The molecule has 0 radical (unpaired) electrons. The zero-order chi connectivity index (χ0) is 15.2. The largest absolute Gasteiger partial charge is 0.481 e. The molecule has 0 heterocycles. The van der Waals surface area contributed by atoms with Crippen LogP contribution in [0.3, 0.4) is 0 Å². The summed E-state index contributed by atoms with van der Waals surface area (Å²) >= 11 is 0. The molecule has 1 aromatic carbocycles. The molecule has 2 rings (SSSR count). The summed E-state index contributed by atoms with van der Waals surface area (Å²) < 4.78 is 0. The fraction of sp³-hybridized carbons (Fsp3) is 0.500. The summed E-state index contributed by atoms with van der Waals surface area (Å²) in [5.74, 6) is -1.20. The van der Waals surface area contributed by atoms with Gasteiger partial charge in [0.1, 0.15) is 0 Å². The van der Waals surface area contributed by atoms with Gasteiger partial charge in [0.15, 0.2) is 0 Å². The Kier molecular flexibility index (Phi) is 5.33. The normalized spacial score (nSPS) is 15.5. The Bertz CT molecular complexity index is 495. The summed E-state index contributed by atoms with van der Waals surface area (Å²) in [6.45, 7) is 3.00. The van der Waals surface area contributed by atoms with Crippen molar-refractivity contribution < 1.29 is 14.7 Å². The molecule has 1 saturated carbocycles. The lowest BCUT2D eigenvalue weighted by Crippen LogP contribution is -2.28. The first-order valence-electron chi connectivity index (χ1n) is 7.38. The quantitative estimate of drug-likeness (QED) is 0.636. The third kappa shape index (κ3) is 5.19. The Balaban J connectivity index is 1.68. The van der Waals surface area contributed by atoms with Gasteiger partial charge in [-0.25, -0.2) is 0 Å². The maximum absolute atomic E-state index is 11.5. The van der Waals surface area contributed by atoms with Crippen molar-refractivity contribution in [1.82, 2.24) is 10.6 Å². The minimum Gasteiger partial charge on any atom is -0.481 e. The Morgan fingerprint density at radius 1 is 1.29 bits per heavy atom. The number of carbonyl (C=O) groups is 2. The monoisotopic (exact) mass is 290 g/mol. The van der Waals surface area contributed by atoms with E-state index in [0.717, 1.165) is 24.0 Å². The SMILES string of the molecule is CC(C(=O)O)c1ccc(CNCCC(=O)NC2CC2)cc1. The number of amides is 1. The van der Waals surface area contributed by atoms with Crippen molar-refractivity contribution >= 4 is 11.9 Å². The van der Waals surface area contributed by atoms with E-state index >= 15 is 0 Å². The van der Waals surface area contributed by atoms with E-state index in [4.69, 9.17) is 5.11 Å². The van der Waals surface area contributed by atoms with Crippen LogP contribution in [0.5, 0.6) is 0 Å². The molecule has 0 spiro atoms. The Labute approximate surface area is 124 Å². The molecule has 1 unspecified atom stereocenters. The lowest BCUT2D eigenvalue weighted by molar-refractivity contribution is -0.138. The van der Waals surface area contributed by atoms with E-state index in [1.165, 1.54) is 0 Å². The summed E-state index contributed by atoms with van der Waals surface area (Å²) in [4.78, 5) is 22.4. The van der Waals surface area contributed by atoms with Gasteiger partial charge in [-0.1, -0.05) is 24.3 Å². The van der Waals surface area contributed by atoms with Gasteiger partial charge in [0.25, 0.3) is 0 Å². The molecular weight excluding hydrogens is 268 g/mol. The average molecular weight is 290 g/mol.